The van der Waals surface area contributed by atoms with Gasteiger partial charge in [-0.25, -0.2) is 8.42 Å². The molecule has 1 aromatic carbocycles. The summed E-state index contributed by atoms with van der Waals surface area (Å²) >= 11 is 1.51. The van der Waals surface area contributed by atoms with Crippen molar-refractivity contribution in [3.05, 3.63) is 24.3 Å². The van der Waals surface area contributed by atoms with Gasteiger partial charge in [-0.2, -0.15) is 0 Å². The lowest BCUT2D eigenvalue weighted by Crippen LogP contribution is -2.19. The van der Waals surface area contributed by atoms with Gasteiger partial charge in [0.1, 0.15) is 0 Å². The summed E-state index contributed by atoms with van der Waals surface area (Å²) in [7, 11) is -3.27. The molecule has 0 unspecified atom stereocenters. The van der Waals surface area contributed by atoms with E-state index >= 15 is 0 Å². The van der Waals surface area contributed by atoms with Gasteiger partial charge in [0, 0.05) is 4.90 Å². The van der Waals surface area contributed by atoms with Gasteiger partial charge in [0.15, 0.2) is 0 Å². The fraction of sp³-hybridized carbons (Fsp3) is 0.400. The van der Waals surface area contributed by atoms with Crippen LogP contribution >= 0.6 is 11.8 Å². The fourth-order valence-corrected chi connectivity index (χ4v) is 3.00. The zero-order valence-corrected chi connectivity index (χ0v) is 10.8. The minimum Gasteiger partial charge on any atom is -0.330 e. The molecule has 0 saturated carbocycles. The van der Waals surface area contributed by atoms with E-state index in [1.807, 2.05) is 18.4 Å². The van der Waals surface area contributed by atoms with E-state index in [0.29, 0.717) is 18.7 Å². The second-order valence-corrected chi connectivity index (χ2v) is 5.95. The molecule has 6 heteroatoms. The van der Waals surface area contributed by atoms with Crippen molar-refractivity contribution in [2.24, 2.45) is 5.73 Å². The zero-order valence-electron chi connectivity index (χ0n) is 9.14. The Bertz CT molecular complexity index is 432. The average Bonchev–Trinajstić information content (AvgIpc) is 2.27. The normalized spacial score (nSPS) is 11.4. The molecule has 4 nitrogen and oxygen atoms in total. The third-order valence-electron chi connectivity index (χ3n) is 1.99. The van der Waals surface area contributed by atoms with E-state index in [-0.39, 0.29) is 5.75 Å². The van der Waals surface area contributed by atoms with E-state index in [1.54, 1.807) is 12.1 Å². The molecule has 0 spiro atoms. The van der Waals surface area contributed by atoms with Gasteiger partial charge < -0.3 is 5.73 Å². The molecule has 1 rings (SSSR count). The first-order valence-electron chi connectivity index (χ1n) is 4.92. The molecule has 90 valence electrons. The molecular weight excluding hydrogens is 244 g/mol. The molecule has 16 heavy (non-hydrogen) atoms. The molecular formula is C10H16N2O2S2. The molecule has 0 fully saturated rings. The quantitative estimate of drug-likeness (QED) is 0.760. The highest BCUT2D eigenvalue weighted by Gasteiger charge is 2.11. The fourth-order valence-electron chi connectivity index (χ4n) is 1.22. The van der Waals surface area contributed by atoms with Crippen LogP contribution in [0.5, 0.6) is 0 Å². The van der Waals surface area contributed by atoms with Crippen LogP contribution in [0.4, 0.5) is 5.69 Å². The van der Waals surface area contributed by atoms with Crippen molar-refractivity contribution in [3.8, 4) is 0 Å². The Morgan fingerprint density at radius 1 is 1.38 bits per heavy atom. The number of benzene rings is 1. The number of hydrogen-bond acceptors (Lipinski definition) is 4. The Balaban J connectivity index is 2.79. The van der Waals surface area contributed by atoms with Crippen molar-refractivity contribution in [3.63, 3.8) is 0 Å². The molecule has 0 atom stereocenters. The van der Waals surface area contributed by atoms with Crippen molar-refractivity contribution in [2.45, 2.75) is 11.3 Å². The monoisotopic (exact) mass is 260 g/mol. The predicted molar refractivity (Wildman–Crippen MR) is 69.3 cm³/mol. The number of para-hydroxylation sites is 1. The van der Waals surface area contributed by atoms with Crippen LogP contribution in [0.1, 0.15) is 6.42 Å². The number of sulfonamides is 1. The van der Waals surface area contributed by atoms with Crippen molar-refractivity contribution in [2.75, 3.05) is 23.3 Å². The number of nitrogens with one attached hydrogen (secondary N) is 1. The average molecular weight is 260 g/mol. The number of hydrogen-bond donors (Lipinski definition) is 2. The van der Waals surface area contributed by atoms with E-state index in [0.717, 1.165) is 4.90 Å². The van der Waals surface area contributed by atoms with Crippen LogP contribution in [-0.4, -0.2) is 27.0 Å². The number of rotatable bonds is 6. The van der Waals surface area contributed by atoms with Gasteiger partial charge in [0.25, 0.3) is 0 Å². The Morgan fingerprint density at radius 3 is 2.69 bits per heavy atom. The molecule has 1 aromatic rings. The van der Waals surface area contributed by atoms with E-state index < -0.39 is 10.0 Å². The summed E-state index contributed by atoms with van der Waals surface area (Å²) < 4.78 is 25.9. The maximum absolute atomic E-state index is 11.7. The third kappa shape index (κ3) is 4.03. The number of anilines is 1. The smallest absolute Gasteiger partial charge is 0.232 e. The van der Waals surface area contributed by atoms with Gasteiger partial charge in [-0.05, 0) is 31.4 Å². The lowest BCUT2D eigenvalue weighted by atomic mass is 10.3. The minimum absolute atomic E-state index is 0.0617. The Kier molecular flexibility index (Phi) is 5.11. The maximum Gasteiger partial charge on any atom is 0.232 e. The zero-order chi connectivity index (χ0) is 12.0. The van der Waals surface area contributed by atoms with Crippen LogP contribution in [-0.2, 0) is 10.0 Å². The molecule has 3 N–H and O–H groups in total. The lowest BCUT2D eigenvalue weighted by Gasteiger charge is -2.10. The van der Waals surface area contributed by atoms with Crippen LogP contribution in [0, 0.1) is 0 Å². The predicted octanol–water partition coefficient (Wildman–Crippen LogP) is 1.50. The van der Waals surface area contributed by atoms with Gasteiger partial charge in [-0.1, -0.05) is 12.1 Å². The second kappa shape index (κ2) is 6.12. The largest absolute Gasteiger partial charge is 0.330 e. The first-order chi connectivity index (χ1) is 7.59. The minimum atomic E-state index is -3.27. The van der Waals surface area contributed by atoms with E-state index in [4.69, 9.17) is 5.73 Å². The maximum atomic E-state index is 11.7. The summed E-state index contributed by atoms with van der Waals surface area (Å²) in [5.41, 5.74) is 5.92. The van der Waals surface area contributed by atoms with E-state index in [2.05, 4.69) is 4.72 Å². The second-order valence-electron chi connectivity index (χ2n) is 3.26. The lowest BCUT2D eigenvalue weighted by molar-refractivity contribution is 0.598. The summed E-state index contributed by atoms with van der Waals surface area (Å²) in [5, 5.41) is 0. The van der Waals surface area contributed by atoms with Crippen molar-refractivity contribution in [1.82, 2.24) is 0 Å². The van der Waals surface area contributed by atoms with Crippen molar-refractivity contribution < 1.29 is 8.42 Å². The molecule has 0 aromatic heterocycles. The van der Waals surface area contributed by atoms with Crippen molar-refractivity contribution >= 4 is 27.5 Å². The Labute approximate surface area is 101 Å². The Morgan fingerprint density at radius 2 is 2.06 bits per heavy atom. The van der Waals surface area contributed by atoms with Crippen LogP contribution in [0.25, 0.3) is 0 Å². The highest BCUT2D eigenvalue weighted by Crippen LogP contribution is 2.25. The highest BCUT2D eigenvalue weighted by molar-refractivity contribution is 7.99. The van der Waals surface area contributed by atoms with Crippen LogP contribution in [0.3, 0.4) is 0 Å². The molecule has 0 saturated heterocycles. The third-order valence-corrected chi connectivity index (χ3v) is 4.14. The first-order valence-corrected chi connectivity index (χ1v) is 7.80. The summed E-state index contributed by atoms with van der Waals surface area (Å²) in [5.74, 6) is 0.0617. The molecule has 0 radical (unpaired) electrons. The van der Waals surface area contributed by atoms with Crippen molar-refractivity contribution in [1.29, 1.82) is 0 Å². The van der Waals surface area contributed by atoms with Crippen LogP contribution in [0.2, 0.25) is 0 Å². The summed E-state index contributed by atoms with van der Waals surface area (Å²) in [6.07, 6.45) is 2.38. The molecule has 0 aliphatic heterocycles. The summed E-state index contributed by atoms with van der Waals surface area (Å²) in [4.78, 5) is 0.916. The summed E-state index contributed by atoms with van der Waals surface area (Å²) in [6, 6.07) is 7.32. The van der Waals surface area contributed by atoms with Gasteiger partial charge in [0.2, 0.25) is 10.0 Å². The molecule has 0 aliphatic rings. The topological polar surface area (TPSA) is 72.2 Å². The van der Waals surface area contributed by atoms with Gasteiger partial charge in [0.05, 0.1) is 11.4 Å². The molecule has 0 heterocycles. The van der Waals surface area contributed by atoms with E-state index in [9.17, 15) is 8.42 Å². The van der Waals surface area contributed by atoms with Crippen LogP contribution < -0.4 is 10.5 Å². The van der Waals surface area contributed by atoms with Crippen LogP contribution in [0.15, 0.2) is 29.2 Å². The molecule has 0 amide bonds. The SMILES string of the molecule is CSc1ccccc1NS(=O)(=O)CCCN. The highest BCUT2D eigenvalue weighted by atomic mass is 32.2. The standard InChI is InChI=1S/C10H16N2O2S2/c1-15-10-6-3-2-5-9(10)12-16(13,14)8-4-7-11/h2-3,5-6,12H,4,7-8,11H2,1H3. The van der Waals surface area contributed by atoms with Gasteiger partial charge in [-0.15, -0.1) is 11.8 Å². The molecule has 0 aliphatic carbocycles. The number of nitrogens with two attached hydrogens (primary N) is 1. The first kappa shape index (κ1) is 13.3. The summed E-state index contributed by atoms with van der Waals surface area (Å²) in [6.45, 7) is 0.380. The van der Waals surface area contributed by atoms with Gasteiger partial charge >= 0.3 is 0 Å². The number of thioether (sulfide) groups is 1. The molecule has 0 bridgehead atoms. The van der Waals surface area contributed by atoms with E-state index in [1.165, 1.54) is 11.8 Å². The van der Waals surface area contributed by atoms with Gasteiger partial charge in [-0.3, -0.25) is 4.72 Å². The Hall–Kier alpha value is -0.720.